The number of methoxy groups -OCH3 is 1. The first kappa shape index (κ1) is 29.4. The van der Waals surface area contributed by atoms with Gasteiger partial charge >= 0.3 is 5.97 Å². The van der Waals surface area contributed by atoms with Gasteiger partial charge in [-0.05, 0) is 6.42 Å². The van der Waals surface area contributed by atoms with Crippen molar-refractivity contribution < 1.29 is 9.53 Å². The van der Waals surface area contributed by atoms with Crippen molar-refractivity contribution in [2.24, 2.45) is 5.73 Å². The molecule has 0 bridgehead atoms. The van der Waals surface area contributed by atoms with Gasteiger partial charge in [-0.2, -0.15) is 0 Å². The zero-order chi connectivity index (χ0) is 22.1. The molecule has 0 aliphatic rings. The molecule has 0 aromatic carbocycles. The van der Waals surface area contributed by atoms with Gasteiger partial charge in [0.2, 0.25) is 0 Å². The summed E-state index contributed by atoms with van der Waals surface area (Å²) in [6.45, 7) is 2.29. The molecule has 2 N–H and O–H groups in total. The second-order valence-electron chi connectivity index (χ2n) is 9.34. The van der Waals surface area contributed by atoms with E-state index in [-0.39, 0.29) is 5.97 Å². The van der Waals surface area contributed by atoms with E-state index < -0.39 is 6.04 Å². The average Bonchev–Trinajstić information content (AvgIpc) is 2.76. The Morgan fingerprint density at radius 1 is 0.567 bits per heavy atom. The summed E-state index contributed by atoms with van der Waals surface area (Å²) < 4.78 is 4.65. The fraction of sp³-hybridized carbons (Fsp3) is 0.963. The molecule has 3 heteroatoms. The molecule has 0 saturated heterocycles. The van der Waals surface area contributed by atoms with Crippen molar-refractivity contribution in [1.82, 2.24) is 0 Å². The summed E-state index contributed by atoms with van der Waals surface area (Å²) in [6, 6.07) is -0.430. The minimum Gasteiger partial charge on any atom is -0.468 e. The Hall–Kier alpha value is -0.570. The maximum atomic E-state index is 11.2. The number of ether oxygens (including phenoxy) is 1. The number of carbonyl (C=O) groups excluding carboxylic acids is 1. The molecule has 0 radical (unpaired) electrons. The molecule has 0 rings (SSSR count). The van der Waals surface area contributed by atoms with Crippen molar-refractivity contribution in [3.05, 3.63) is 0 Å². The third-order valence-electron chi connectivity index (χ3n) is 6.37. The van der Waals surface area contributed by atoms with E-state index >= 15 is 0 Å². The van der Waals surface area contributed by atoms with Crippen LogP contribution in [-0.2, 0) is 9.53 Å². The predicted molar refractivity (Wildman–Crippen MR) is 132 cm³/mol. The standard InChI is InChI=1S/C27H55NO2/c1-3-4-5-6-7-8-9-10-11-12-13-14-15-16-17-18-19-20-21-22-23-24-25-26(28)27(29)30-2/h26H,3-25,28H2,1-2H3. The van der Waals surface area contributed by atoms with Gasteiger partial charge in [-0.15, -0.1) is 0 Å². The van der Waals surface area contributed by atoms with Gasteiger partial charge in [-0.1, -0.05) is 148 Å². The maximum absolute atomic E-state index is 11.2. The van der Waals surface area contributed by atoms with Gasteiger partial charge in [0.25, 0.3) is 0 Å². The van der Waals surface area contributed by atoms with Crippen LogP contribution in [0.15, 0.2) is 0 Å². The van der Waals surface area contributed by atoms with Crippen molar-refractivity contribution in [2.75, 3.05) is 7.11 Å². The molecule has 3 nitrogen and oxygen atoms in total. The summed E-state index contributed by atoms with van der Waals surface area (Å²) >= 11 is 0. The molecule has 0 aliphatic carbocycles. The molecule has 30 heavy (non-hydrogen) atoms. The molecular weight excluding hydrogens is 370 g/mol. The summed E-state index contributed by atoms with van der Waals surface area (Å²) in [5.41, 5.74) is 5.74. The average molecular weight is 426 g/mol. The lowest BCUT2D eigenvalue weighted by Gasteiger charge is -2.08. The van der Waals surface area contributed by atoms with Crippen molar-refractivity contribution in [1.29, 1.82) is 0 Å². The lowest BCUT2D eigenvalue weighted by Crippen LogP contribution is -2.31. The Labute approximate surface area is 189 Å². The fourth-order valence-corrected chi connectivity index (χ4v) is 4.24. The van der Waals surface area contributed by atoms with E-state index in [1.54, 1.807) is 0 Å². The monoisotopic (exact) mass is 425 g/mol. The first-order chi connectivity index (χ1) is 14.7. The van der Waals surface area contributed by atoms with Crippen LogP contribution in [-0.4, -0.2) is 19.1 Å². The van der Waals surface area contributed by atoms with Crippen molar-refractivity contribution in [3.8, 4) is 0 Å². The Morgan fingerprint density at radius 2 is 0.833 bits per heavy atom. The Bertz CT molecular complexity index is 346. The molecule has 0 saturated carbocycles. The summed E-state index contributed by atoms with van der Waals surface area (Å²) in [6.07, 6.45) is 31.4. The van der Waals surface area contributed by atoms with E-state index in [2.05, 4.69) is 11.7 Å². The third kappa shape index (κ3) is 22.1. The first-order valence-electron chi connectivity index (χ1n) is 13.6. The fourth-order valence-electron chi connectivity index (χ4n) is 4.24. The van der Waals surface area contributed by atoms with Crippen LogP contribution in [0, 0.1) is 0 Å². The third-order valence-corrected chi connectivity index (χ3v) is 6.37. The Balaban J connectivity index is 3.07. The summed E-state index contributed by atoms with van der Waals surface area (Å²) in [5, 5.41) is 0. The van der Waals surface area contributed by atoms with Gasteiger partial charge in [0.1, 0.15) is 6.04 Å². The minimum atomic E-state index is -0.430. The van der Waals surface area contributed by atoms with E-state index in [0.29, 0.717) is 0 Å². The van der Waals surface area contributed by atoms with Crippen LogP contribution < -0.4 is 5.73 Å². The normalized spacial score (nSPS) is 12.2. The molecule has 1 atom stereocenters. The second-order valence-corrected chi connectivity index (χ2v) is 9.34. The topological polar surface area (TPSA) is 52.3 Å². The van der Waals surface area contributed by atoms with Crippen molar-refractivity contribution >= 4 is 5.97 Å². The maximum Gasteiger partial charge on any atom is 0.322 e. The van der Waals surface area contributed by atoms with E-state index in [9.17, 15) is 4.79 Å². The van der Waals surface area contributed by atoms with Crippen molar-refractivity contribution in [3.63, 3.8) is 0 Å². The zero-order valence-electron chi connectivity index (χ0n) is 20.7. The van der Waals surface area contributed by atoms with Gasteiger partial charge in [0.05, 0.1) is 7.11 Å². The van der Waals surface area contributed by atoms with Gasteiger partial charge in [0, 0.05) is 0 Å². The van der Waals surface area contributed by atoms with Crippen LogP contribution in [0.4, 0.5) is 0 Å². The van der Waals surface area contributed by atoms with Crippen LogP contribution >= 0.6 is 0 Å². The molecule has 0 amide bonds. The molecule has 180 valence electrons. The SMILES string of the molecule is CCCCCCCCCCCCCCCCCCCCCCCCC(N)C(=O)OC. The Morgan fingerprint density at radius 3 is 1.10 bits per heavy atom. The van der Waals surface area contributed by atoms with E-state index in [1.807, 2.05) is 0 Å². The van der Waals surface area contributed by atoms with Crippen LogP contribution in [0.1, 0.15) is 155 Å². The van der Waals surface area contributed by atoms with Crippen molar-refractivity contribution in [2.45, 2.75) is 161 Å². The number of hydrogen-bond donors (Lipinski definition) is 1. The summed E-state index contributed by atoms with van der Waals surface area (Å²) in [7, 11) is 1.40. The van der Waals surface area contributed by atoms with Crippen LogP contribution in [0.2, 0.25) is 0 Å². The second kappa shape index (κ2) is 24.7. The highest BCUT2D eigenvalue weighted by Gasteiger charge is 2.12. The molecule has 0 aromatic heterocycles. The molecular formula is C27H55NO2. The number of hydrogen-bond acceptors (Lipinski definition) is 3. The summed E-state index contributed by atoms with van der Waals surface area (Å²) in [5.74, 6) is -0.279. The highest BCUT2D eigenvalue weighted by Crippen LogP contribution is 2.15. The Kier molecular flexibility index (Phi) is 24.2. The van der Waals surface area contributed by atoms with E-state index in [4.69, 9.17) is 5.73 Å². The first-order valence-corrected chi connectivity index (χ1v) is 13.6. The van der Waals surface area contributed by atoms with Gasteiger partial charge in [-0.25, -0.2) is 0 Å². The molecule has 0 spiro atoms. The lowest BCUT2D eigenvalue weighted by atomic mass is 10.0. The molecule has 0 fully saturated rings. The zero-order valence-corrected chi connectivity index (χ0v) is 20.7. The van der Waals surface area contributed by atoms with Crippen LogP contribution in [0.25, 0.3) is 0 Å². The van der Waals surface area contributed by atoms with Gasteiger partial charge < -0.3 is 10.5 Å². The number of rotatable bonds is 24. The molecule has 0 aliphatic heterocycles. The molecule has 0 aromatic rings. The number of nitrogens with two attached hydrogens (primary N) is 1. The van der Waals surface area contributed by atoms with E-state index in [0.717, 1.165) is 12.8 Å². The molecule has 1 unspecified atom stereocenters. The molecule has 0 heterocycles. The number of carbonyl (C=O) groups is 1. The lowest BCUT2D eigenvalue weighted by molar-refractivity contribution is -0.142. The predicted octanol–water partition coefficient (Wildman–Crippen LogP) is 8.48. The minimum absolute atomic E-state index is 0.279. The summed E-state index contributed by atoms with van der Waals surface area (Å²) in [4.78, 5) is 11.2. The smallest absolute Gasteiger partial charge is 0.322 e. The van der Waals surface area contributed by atoms with Crippen LogP contribution in [0.3, 0.4) is 0 Å². The highest BCUT2D eigenvalue weighted by atomic mass is 16.5. The highest BCUT2D eigenvalue weighted by molar-refractivity contribution is 5.75. The van der Waals surface area contributed by atoms with Gasteiger partial charge in [0.15, 0.2) is 0 Å². The quantitative estimate of drug-likeness (QED) is 0.125. The number of esters is 1. The van der Waals surface area contributed by atoms with E-state index in [1.165, 1.54) is 142 Å². The van der Waals surface area contributed by atoms with Crippen LogP contribution in [0.5, 0.6) is 0 Å². The number of unbranched alkanes of at least 4 members (excludes halogenated alkanes) is 21. The largest absolute Gasteiger partial charge is 0.468 e. The van der Waals surface area contributed by atoms with Gasteiger partial charge in [-0.3, -0.25) is 4.79 Å².